The van der Waals surface area contributed by atoms with Gasteiger partial charge < -0.3 is 10.2 Å². The van der Waals surface area contributed by atoms with Gasteiger partial charge in [0.15, 0.2) is 0 Å². The van der Waals surface area contributed by atoms with Gasteiger partial charge in [0, 0.05) is 24.2 Å². The molecule has 2 heterocycles. The molecule has 2 bridgehead atoms. The van der Waals surface area contributed by atoms with E-state index in [9.17, 15) is 4.39 Å². The molecule has 2 nitrogen and oxygen atoms in total. The van der Waals surface area contributed by atoms with Crippen molar-refractivity contribution in [3.05, 3.63) is 29.6 Å². The van der Waals surface area contributed by atoms with E-state index in [1.165, 1.54) is 63.7 Å². The smallest absolute Gasteiger partial charge is 0.123 e. The lowest BCUT2D eigenvalue weighted by Gasteiger charge is -2.41. The van der Waals surface area contributed by atoms with Crippen LogP contribution in [0.5, 0.6) is 0 Å². The Bertz CT molecular complexity index is 606. The molecular formula is C20H27FN2. The molecule has 2 aliphatic carbocycles. The third kappa shape index (κ3) is 2.31. The third-order valence-corrected chi connectivity index (χ3v) is 7.36. The van der Waals surface area contributed by atoms with Crippen LogP contribution in [0.3, 0.4) is 0 Å². The van der Waals surface area contributed by atoms with Crippen LogP contribution >= 0.6 is 0 Å². The molecule has 0 radical (unpaired) electrons. The van der Waals surface area contributed by atoms with Crippen LogP contribution in [0, 0.1) is 23.6 Å². The lowest BCUT2D eigenvalue weighted by atomic mass is 9.74. The van der Waals surface area contributed by atoms with Crippen molar-refractivity contribution < 1.29 is 4.39 Å². The number of fused-ring (bicyclic) bond motifs is 4. The molecule has 1 aromatic carbocycles. The van der Waals surface area contributed by atoms with Gasteiger partial charge in [-0.3, -0.25) is 0 Å². The summed E-state index contributed by atoms with van der Waals surface area (Å²) in [4.78, 5) is 2.70. The van der Waals surface area contributed by atoms with Gasteiger partial charge in [0.05, 0.1) is 0 Å². The summed E-state index contributed by atoms with van der Waals surface area (Å²) in [6.45, 7) is 4.69. The van der Waals surface area contributed by atoms with Crippen LogP contribution in [0.1, 0.15) is 44.1 Å². The quantitative estimate of drug-likeness (QED) is 0.887. The van der Waals surface area contributed by atoms with Crippen LogP contribution in [0.2, 0.25) is 0 Å². The van der Waals surface area contributed by atoms with Gasteiger partial charge in [-0.15, -0.1) is 0 Å². The van der Waals surface area contributed by atoms with Gasteiger partial charge in [0.1, 0.15) is 5.82 Å². The minimum atomic E-state index is -0.0868. The molecule has 5 rings (SSSR count). The number of likely N-dealkylation sites (tertiary alicyclic amines) is 1. The highest BCUT2D eigenvalue weighted by atomic mass is 19.1. The molecule has 0 amide bonds. The molecule has 3 atom stereocenters. The van der Waals surface area contributed by atoms with Crippen molar-refractivity contribution in [3.8, 4) is 0 Å². The van der Waals surface area contributed by atoms with Gasteiger partial charge in [0.25, 0.3) is 0 Å². The number of halogens is 1. The first-order valence-electron chi connectivity index (χ1n) is 9.48. The summed E-state index contributed by atoms with van der Waals surface area (Å²) >= 11 is 0. The van der Waals surface area contributed by atoms with E-state index in [-0.39, 0.29) is 11.2 Å². The highest BCUT2D eigenvalue weighted by molar-refractivity contribution is 5.60. The molecule has 1 saturated heterocycles. The summed E-state index contributed by atoms with van der Waals surface area (Å²) in [5.74, 6) is 2.96. The lowest BCUT2D eigenvalue weighted by Crippen LogP contribution is -2.45. The molecule has 0 aromatic heterocycles. The second-order valence-corrected chi connectivity index (χ2v) is 8.56. The van der Waals surface area contributed by atoms with Crippen LogP contribution < -0.4 is 5.32 Å². The summed E-state index contributed by atoms with van der Waals surface area (Å²) in [5.41, 5.74) is 2.58. The Hall–Kier alpha value is -1.09. The minimum absolute atomic E-state index is 0.0868. The highest BCUT2D eigenvalue weighted by Gasteiger charge is 2.44. The Balaban J connectivity index is 1.26. The fourth-order valence-electron chi connectivity index (χ4n) is 6.01. The standard InChI is InChI=1S/C20H27FN2/c21-17-3-4-19-18(11-17)20(13-22-19)5-7-23(8-6-20)12-16-10-14-1-2-15(16)9-14/h3-4,11,14-16,22H,1-2,5-10,12-13H2/t14-,15-,16+/m0/s1. The van der Waals surface area contributed by atoms with E-state index in [1.54, 1.807) is 12.1 Å². The molecule has 0 unspecified atom stereocenters. The Morgan fingerprint density at radius 1 is 1.17 bits per heavy atom. The van der Waals surface area contributed by atoms with Crippen molar-refractivity contribution in [2.45, 2.75) is 43.9 Å². The molecule has 3 heteroatoms. The zero-order valence-electron chi connectivity index (χ0n) is 13.9. The van der Waals surface area contributed by atoms with Crippen LogP contribution in [0.25, 0.3) is 0 Å². The van der Waals surface area contributed by atoms with E-state index in [0.29, 0.717) is 0 Å². The zero-order valence-corrected chi connectivity index (χ0v) is 13.9. The third-order valence-electron chi connectivity index (χ3n) is 7.36. The number of nitrogens with zero attached hydrogens (tertiary/aromatic N) is 1. The van der Waals surface area contributed by atoms with E-state index < -0.39 is 0 Å². The molecule has 124 valence electrons. The van der Waals surface area contributed by atoms with E-state index in [1.807, 2.05) is 6.07 Å². The van der Waals surface area contributed by atoms with Gasteiger partial charge in [-0.05, 0) is 86.7 Å². The average molecular weight is 314 g/mol. The van der Waals surface area contributed by atoms with Crippen molar-refractivity contribution in [3.63, 3.8) is 0 Å². The second kappa shape index (κ2) is 5.20. The fourth-order valence-corrected chi connectivity index (χ4v) is 6.01. The van der Waals surface area contributed by atoms with E-state index >= 15 is 0 Å². The maximum absolute atomic E-state index is 13.7. The first kappa shape index (κ1) is 14.3. The summed E-state index contributed by atoms with van der Waals surface area (Å²) < 4.78 is 13.7. The van der Waals surface area contributed by atoms with Crippen molar-refractivity contribution in [2.75, 3.05) is 31.5 Å². The largest absolute Gasteiger partial charge is 0.384 e. The van der Waals surface area contributed by atoms with Gasteiger partial charge in [-0.1, -0.05) is 6.42 Å². The van der Waals surface area contributed by atoms with Crippen LogP contribution in [0.15, 0.2) is 18.2 Å². The maximum atomic E-state index is 13.7. The maximum Gasteiger partial charge on any atom is 0.123 e. The molecule has 4 aliphatic rings. The summed E-state index contributed by atoms with van der Waals surface area (Å²) in [6.07, 6.45) is 8.34. The Morgan fingerprint density at radius 2 is 2.04 bits per heavy atom. The van der Waals surface area contributed by atoms with E-state index in [0.717, 1.165) is 30.0 Å². The second-order valence-electron chi connectivity index (χ2n) is 8.56. The van der Waals surface area contributed by atoms with Crippen LogP contribution in [-0.2, 0) is 5.41 Å². The summed E-state index contributed by atoms with van der Waals surface area (Å²) in [7, 11) is 0. The van der Waals surface area contributed by atoms with E-state index in [4.69, 9.17) is 0 Å². The zero-order chi connectivity index (χ0) is 15.4. The van der Waals surface area contributed by atoms with Gasteiger partial charge in [-0.2, -0.15) is 0 Å². The van der Waals surface area contributed by atoms with Crippen molar-refractivity contribution in [1.82, 2.24) is 4.90 Å². The van der Waals surface area contributed by atoms with Crippen LogP contribution in [-0.4, -0.2) is 31.1 Å². The molecule has 2 aliphatic heterocycles. The van der Waals surface area contributed by atoms with Crippen molar-refractivity contribution in [1.29, 1.82) is 0 Å². The molecule has 1 aromatic rings. The number of nitrogens with one attached hydrogen (secondary N) is 1. The number of hydrogen-bond acceptors (Lipinski definition) is 2. The molecule has 23 heavy (non-hydrogen) atoms. The predicted molar refractivity (Wildman–Crippen MR) is 91.2 cm³/mol. The Kier molecular flexibility index (Phi) is 3.23. The minimum Gasteiger partial charge on any atom is -0.384 e. The number of rotatable bonds is 2. The van der Waals surface area contributed by atoms with Gasteiger partial charge in [0.2, 0.25) is 0 Å². The SMILES string of the molecule is Fc1ccc2c(c1)C1(CCN(C[C@H]3C[C@H]4CC[C@H]3C4)CC1)CN2. The van der Waals surface area contributed by atoms with Crippen molar-refractivity contribution in [2.24, 2.45) is 17.8 Å². The van der Waals surface area contributed by atoms with E-state index in [2.05, 4.69) is 10.2 Å². The van der Waals surface area contributed by atoms with Gasteiger partial charge >= 0.3 is 0 Å². The average Bonchev–Trinajstić information content (AvgIpc) is 3.25. The highest BCUT2D eigenvalue weighted by Crippen LogP contribution is 2.49. The predicted octanol–water partition coefficient (Wildman–Crippen LogP) is 4.02. The van der Waals surface area contributed by atoms with Crippen molar-refractivity contribution >= 4 is 5.69 Å². The van der Waals surface area contributed by atoms with Gasteiger partial charge in [-0.25, -0.2) is 4.39 Å². The monoisotopic (exact) mass is 314 g/mol. The summed E-state index contributed by atoms with van der Waals surface area (Å²) in [5, 5.41) is 3.51. The molecular weight excluding hydrogens is 287 g/mol. The lowest BCUT2D eigenvalue weighted by molar-refractivity contribution is 0.129. The number of benzene rings is 1. The number of hydrogen-bond donors (Lipinski definition) is 1. The molecule has 3 fully saturated rings. The number of piperidine rings is 1. The summed E-state index contributed by atoms with van der Waals surface area (Å²) in [6, 6.07) is 5.27. The Morgan fingerprint density at radius 3 is 2.78 bits per heavy atom. The fraction of sp³-hybridized carbons (Fsp3) is 0.700. The Labute approximate surface area is 138 Å². The number of anilines is 1. The first-order valence-corrected chi connectivity index (χ1v) is 9.48. The molecule has 1 spiro atoms. The van der Waals surface area contributed by atoms with Crippen LogP contribution in [0.4, 0.5) is 10.1 Å². The normalized spacial score (nSPS) is 34.7. The topological polar surface area (TPSA) is 15.3 Å². The molecule has 2 saturated carbocycles. The first-order chi connectivity index (χ1) is 11.2. The molecule has 1 N–H and O–H groups in total.